The molecular formula is C17H22N2OS. The summed E-state index contributed by atoms with van der Waals surface area (Å²) >= 11 is 0. The lowest BCUT2D eigenvalue weighted by atomic mass is 10.1. The maximum absolute atomic E-state index is 12.2. The van der Waals surface area contributed by atoms with Crippen molar-refractivity contribution in [3.8, 4) is 0 Å². The number of benzene rings is 1. The molecule has 3 rings (SSSR count). The van der Waals surface area contributed by atoms with Crippen LogP contribution in [0, 0.1) is 0 Å². The van der Waals surface area contributed by atoms with Gasteiger partial charge in [-0.2, -0.15) is 0 Å². The van der Waals surface area contributed by atoms with Gasteiger partial charge in [-0.05, 0) is 37.1 Å². The van der Waals surface area contributed by atoms with E-state index in [2.05, 4.69) is 34.0 Å². The van der Waals surface area contributed by atoms with Crippen molar-refractivity contribution in [3.63, 3.8) is 0 Å². The van der Waals surface area contributed by atoms with Crippen LogP contribution in [0.25, 0.3) is 0 Å². The van der Waals surface area contributed by atoms with E-state index in [1.807, 2.05) is 30.3 Å². The molecular weight excluding hydrogens is 280 g/mol. The van der Waals surface area contributed by atoms with Gasteiger partial charge in [-0.3, -0.25) is 4.21 Å². The molecule has 1 aromatic heterocycles. The highest BCUT2D eigenvalue weighted by molar-refractivity contribution is 7.85. The Hall–Kier alpha value is -1.39. The molecule has 2 aromatic rings. The van der Waals surface area contributed by atoms with Gasteiger partial charge in [-0.1, -0.05) is 18.2 Å². The fourth-order valence-corrected chi connectivity index (χ4v) is 4.05. The van der Waals surface area contributed by atoms with Crippen molar-refractivity contribution in [2.75, 3.05) is 25.4 Å². The van der Waals surface area contributed by atoms with E-state index in [1.54, 1.807) is 0 Å². The van der Waals surface area contributed by atoms with Crippen molar-refractivity contribution in [1.82, 2.24) is 9.47 Å². The van der Waals surface area contributed by atoms with Gasteiger partial charge in [0.05, 0.1) is 10.8 Å². The number of nitrogens with zero attached hydrogens (tertiary/aromatic N) is 2. The predicted molar refractivity (Wildman–Crippen MR) is 86.9 cm³/mol. The normalized spacial score (nSPS) is 18.7. The number of piperidine rings is 1. The lowest BCUT2D eigenvalue weighted by Crippen LogP contribution is -2.36. The van der Waals surface area contributed by atoms with Gasteiger partial charge in [-0.25, -0.2) is 0 Å². The van der Waals surface area contributed by atoms with Crippen LogP contribution in [0.5, 0.6) is 0 Å². The number of aromatic nitrogens is 1. The topological polar surface area (TPSA) is 25.2 Å². The molecule has 112 valence electrons. The summed E-state index contributed by atoms with van der Waals surface area (Å²) in [6, 6.07) is 14.6. The third kappa shape index (κ3) is 3.83. The van der Waals surface area contributed by atoms with E-state index in [-0.39, 0.29) is 0 Å². The molecule has 1 fully saturated rings. The van der Waals surface area contributed by atoms with Crippen LogP contribution in [0.15, 0.2) is 59.8 Å². The summed E-state index contributed by atoms with van der Waals surface area (Å²) in [5.41, 5.74) is 0. The monoisotopic (exact) mass is 302 g/mol. The largest absolute Gasteiger partial charge is 0.351 e. The summed E-state index contributed by atoms with van der Waals surface area (Å²) in [5, 5.41) is 0. The zero-order chi connectivity index (χ0) is 14.5. The van der Waals surface area contributed by atoms with Gasteiger partial charge in [-0.15, -0.1) is 0 Å². The molecule has 1 aliphatic heterocycles. The summed E-state index contributed by atoms with van der Waals surface area (Å²) in [6.07, 6.45) is 6.69. The minimum atomic E-state index is -0.870. The van der Waals surface area contributed by atoms with E-state index < -0.39 is 10.8 Å². The molecule has 0 saturated carbocycles. The second-order valence-electron chi connectivity index (χ2n) is 5.57. The summed E-state index contributed by atoms with van der Waals surface area (Å²) in [6.45, 7) is 3.14. The van der Waals surface area contributed by atoms with Gasteiger partial charge in [0.1, 0.15) is 0 Å². The summed E-state index contributed by atoms with van der Waals surface area (Å²) in [4.78, 5) is 3.39. The van der Waals surface area contributed by atoms with Crippen LogP contribution in [0.2, 0.25) is 0 Å². The number of hydrogen-bond acceptors (Lipinski definition) is 2. The first kappa shape index (κ1) is 14.5. The minimum absolute atomic E-state index is 0.635. The van der Waals surface area contributed by atoms with Crippen molar-refractivity contribution in [2.45, 2.75) is 23.8 Å². The summed E-state index contributed by atoms with van der Waals surface area (Å²) < 4.78 is 14.5. The minimum Gasteiger partial charge on any atom is -0.351 e. The van der Waals surface area contributed by atoms with Gasteiger partial charge in [0.2, 0.25) is 0 Å². The molecule has 1 aromatic carbocycles. The Labute approximate surface area is 129 Å². The highest BCUT2D eigenvalue weighted by Crippen LogP contribution is 2.22. The molecule has 21 heavy (non-hydrogen) atoms. The highest BCUT2D eigenvalue weighted by atomic mass is 32.2. The quantitative estimate of drug-likeness (QED) is 0.848. The van der Waals surface area contributed by atoms with Crippen LogP contribution >= 0.6 is 0 Å². The van der Waals surface area contributed by atoms with E-state index in [1.165, 1.54) is 12.8 Å². The van der Waals surface area contributed by atoms with Crippen molar-refractivity contribution in [1.29, 1.82) is 0 Å². The Balaban J connectivity index is 1.45. The Morgan fingerprint density at radius 1 is 1.00 bits per heavy atom. The Kier molecular flexibility index (Phi) is 4.88. The van der Waals surface area contributed by atoms with Crippen LogP contribution in [0.3, 0.4) is 0 Å². The molecule has 2 heterocycles. The van der Waals surface area contributed by atoms with E-state index in [0.29, 0.717) is 6.04 Å². The van der Waals surface area contributed by atoms with Crippen molar-refractivity contribution in [2.24, 2.45) is 0 Å². The molecule has 1 aliphatic rings. The molecule has 0 aliphatic carbocycles. The zero-order valence-corrected chi connectivity index (χ0v) is 13.0. The second kappa shape index (κ2) is 7.05. The van der Waals surface area contributed by atoms with Crippen LogP contribution in [0.4, 0.5) is 0 Å². The fourth-order valence-electron chi connectivity index (χ4n) is 2.93. The van der Waals surface area contributed by atoms with Crippen molar-refractivity contribution < 1.29 is 4.21 Å². The second-order valence-corrected chi connectivity index (χ2v) is 7.14. The molecule has 1 atom stereocenters. The molecule has 0 bridgehead atoms. The van der Waals surface area contributed by atoms with Crippen LogP contribution in [0.1, 0.15) is 18.9 Å². The predicted octanol–water partition coefficient (Wildman–Crippen LogP) is 2.93. The van der Waals surface area contributed by atoms with Crippen molar-refractivity contribution >= 4 is 10.8 Å². The van der Waals surface area contributed by atoms with Gasteiger partial charge in [0.15, 0.2) is 0 Å². The van der Waals surface area contributed by atoms with E-state index in [4.69, 9.17) is 0 Å². The number of hydrogen-bond donors (Lipinski definition) is 0. The van der Waals surface area contributed by atoms with E-state index >= 15 is 0 Å². The molecule has 4 heteroatoms. The van der Waals surface area contributed by atoms with E-state index in [9.17, 15) is 4.21 Å². The molecule has 0 amide bonds. The fraction of sp³-hybridized carbons (Fsp3) is 0.412. The van der Waals surface area contributed by atoms with Crippen molar-refractivity contribution in [3.05, 3.63) is 54.9 Å². The first-order valence-electron chi connectivity index (χ1n) is 7.61. The lowest BCUT2D eigenvalue weighted by Gasteiger charge is -2.32. The molecule has 0 spiro atoms. The first-order chi connectivity index (χ1) is 10.3. The first-order valence-corrected chi connectivity index (χ1v) is 8.93. The molecule has 0 radical (unpaired) electrons. The smallest absolute Gasteiger partial charge is 0.0542 e. The number of rotatable bonds is 5. The summed E-state index contributed by atoms with van der Waals surface area (Å²) in [7, 11) is -0.870. The van der Waals surface area contributed by atoms with Crippen LogP contribution in [-0.4, -0.2) is 39.1 Å². The average Bonchev–Trinajstić information content (AvgIpc) is 3.08. The highest BCUT2D eigenvalue weighted by Gasteiger charge is 2.20. The lowest BCUT2D eigenvalue weighted by molar-refractivity contribution is 0.196. The Morgan fingerprint density at radius 2 is 1.67 bits per heavy atom. The third-order valence-corrected chi connectivity index (χ3v) is 5.56. The van der Waals surface area contributed by atoms with Crippen LogP contribution in [-0.2, 0) is 10.8 Å². The zero-order valence-electron chi connectivity index (χ0n) is 12.2. The Bertz CT molecular complexity index is 560. The van der Waals surface area contributed by atoms with Gasteiger partial charge >= 0.3 is 0 Å². The Morgan fingerprint density at radius 3 is 2.33 bits per heavy atom. The van der Waals surface area contributed by atoms with Gasteiger partial charge < -0.3 is 9.47 Å². The standard InChI is InChI=1S/C17H22N2OS/c20-21(17-6-2-1-3-7-17)15-14-18-12-8-16(9-13-18)19-10-4-5-11-19/h1-7,10-11,16H,8-9,12-15H2. The molecule has 1 unspecified atom stereocenters. The number of likely N-dealkylation sites (tertiary alicyclic amines) is 1. The van der Waals surface area contributed by atoms with E-state index in [0.717, 1.165) is 30.3 Å². The maximum Gasteiger partial charge on any atom is 0.0542 e. The van der Waals surface area contributed by atoms with Gasteiger partial charge in [0, 0.05) is 48.7 Å². The molecule has 3 nitrogen and oxygen atoms in total. The summed E-state index contributed by atoms with van der Waals surface area (Å²) in [5.74, 6) is 0.734. The maximum atomic E-state index is 12.2. The van der Waals surface area contributed by atoms with Gasteiger partial charge in [0.25, 0.3) is 0 Å². The average molecular weight is 302 g/mol. The SMILES string of the molecule is O=S(CCN1CCC(n2cccc2)CC1)c1ccccc1. The molecule has 0 N–H and O–H groups in total. The van der Waals surface area contributed by atoms with Crippen LogP contribution < -0.4 is 0 Å². The molecule has 1 saturated heterocycles. The third-order valence-electron chi connectivity index (χ3n) is 4.21.